The summed E-state index contributed by atoms with van der Waals surface area (Å²) >= 11 is 1.60. The molecular formula is C16H16N4OS. The number of benzene rings is 1. The van der Waals surface area contributed by atoms with Crippen molar-refractivity contribution in [2.24, 2.45) is 0 Å². The molecule has 2 amide bonds. The maximum absolute atomic E-state index is 12.1. The lowest BCUT2D eigenvalue weighted by Gasteiger charge is -2.08. The first-order valence-electron chi connectivity index (χ1n) is 6.90. The first-order chi connectivity index (χ1) is 10.7. The number of H-pyrrole nitrogens is 1. The number of hydrogen-bond acceptors (Lipinski definition) is 3. The van der Waals surface area contributed by atoms with Crippen molar-refractivity contribution in [3.8, 4) is 11.3 Å². The highest BCUT2D eigenvalue weighted by molar-refractivity contribution is 7.08. The number of rotatable bonds is 4. The SMILES string of the molecule is Cc1[nH]nc(-c2ccsc2)c1NC(=O)NCc1ccccc1. The minimum Gasteiger partial charge on any atom is -0.334 e. The molecule has 1 aromatic carbocycles. The quantitative estimate of drug-likeness (QED) is 0.686. The molecule has 0 aliphatic heterocycles. The van der Waals surface area contributed by atoms with Crippen LogP contribution in [-0.4, -0.2) is 16.2 Å². The molecule has 3 aromatic rings. The second kappa shape index (κ2) is 6.44. The van der Waals surface area contributed by atoms with Crippen LogP contribution in [0.3, 0.4) is 0 Å². The summed E-state index contributed by atoms with van der Waals surface area (Å²) < 4.78 is 0. The zero-order valence-corrected chi connectivity index (χ0v) is 12.9. The van der Waals surface area contributed by atoms with Crippen LogP contribution in [0.5, 0.6) is 0 Å². The van der Waals surface area contributed by atoms with Crippen LogP contribution in [0.25, 0.3) is 11.3 Å². The number of thiophene rings is 1. The van der Waals surface area contributed by atoms with Crippen molar-refractivity contribution >= 4 is 23.1 Å². The van der Waals surface area contributed by atoms with Gasteiger partial charge in [0.05, 0.1) is 11.4 Å². The number of carbonyl (C=O) groups excluding carboxylic acids is 1. The lowest BCUT2D eigenvalue weighted by Crippen LogP contribution is -2.28. The van der Waals surface area contributed by atoms with E-state index in [2.05, 4.69) is 20.8 Å². The minimum atomic E-state index is -0.246. The molecule has 5 nitrogen and oxygen atoms in total. The first kappa shape index (κ1) is 14.3. The molecule has 22 heavy (non-hydrogen) atoms. The van der Waals surface area contributed by atoms with Crippen LogP contribution in [0.4, 0.5) is 10.5 Å². The van der Waals surface area contributed by atoms with Gasteiger partial charge in [-0.15, -0.1) is 0 Å². The van der Waals surface area contributed by atoms with Gasteiger partial charge >= 0.3 is 6.03 Å². The Kier molecular flexibility index (Phi) is 4.20. The summed E-state index contributed by atoms with van der Waals surface area (Å²) in [6.45, 7) is 2.37. The summed E-state index contributed by atoms with van der Waals surface area (Å²) in [4.78, 5) is 12.1. The summed E-state index contributed by atoms with van der Waals surface area (Å²) in [5.74, 6) is 0. The van der Waals surface area contributed by atoms with E-state index >= 15 is 0 Å². The van der Waals surface area contributed by atoms with Crippen LogP contribution in [0, 0.1) is 6.92 Å². The fraction of sp³-hybridized carbons (Fsp3) is 0.125. The van der Waals surface area contributed by atoms with Crippen molar-refractivity contribution < 1.29 is 4.79 Å². The van der Waals surface area contributed by atoms with E-state index in [4.69, 9.17) is 0 Å². The van der Waals surface area contributed by atoms with E-state index in [-0.39, 0.29) is 6.03 Å². The third-order valence-electron chi connectivity index (χ3n) is 3.28. The van der Waals surface area contributed by atoms with E-state index in [0.717, 1.165) is 22.5 Å². The zero-order valence-electron chi connectivity index (χ0n) is 12.1. The van der Waals surface area contributed by atoms with Crippen LogP contribution in [-0.2, 0) is 6.54 Å². The Bertz CT molecular complexity index is 750. The van der Waals surface area contributed by atoms with Crippen molar-refractivity contribution in [1.29, 1.82) is 0 Å². The maximum atomic E-state index is 12.1. The minimum absolute atomic E-state index is 0.246. The van der Waals surface area contributed by atoms with Gasteiger partial charge in [0.15, 0.2) is 0 Å². The monoisotopic (exact) mass is 312 g/mol. The molecule has 112 valence electrons. The molecule has 0 aliphatic rings. The molecule has 2 heterocycles. The second-order valence-electron chi connectivity index (χ2n) is 4.88. The molecule has 0 aliphatic carbocycles. The van der Waals surface area contributed by atoms with Crippen LogP contribution in [0.1, 0.15) is 11.3 Å². The number of amides is 2. The number of nitrogens with one attached hydrogen (secondary N) is 3. The zero-order chi connectivity index (χ0) is 15.4. The maximum Gasteiger partial charge on any atom is 0.319 e. The lowest BCUT2D eigenvalue weighted by atomic mass is 10.2. The number of aromatic nitrogens is 2. The van der Waals surface area contributed by atoms with Gasteiger partial charge in [-0.3, -0.25) is 5.10 Å². The number of nitrogens with zero attached hydrogens (tertiary/aromatic N) is 1. The smallest absolute Gasteiger partial charge is 0.319 e. The molecule has 0 spiro atoms. The summed E-state index contributed by atoms with van der Waals surface area (Å²) in [5, 5.41) is 16.9. The Hall–Kier alpha value is -2.60. The molecule has 0 atom stereocenters. The number of aryl methyl sites for hydroxylation is 1. The van der Waals surface area contributed by atoms with Crippen molar-refractivity contribution in [2.45, 2.75) is 13.5 Å². The van der Waals surface area contributed by atoms with Crippen molar-refractivity contribution in [3.05, 3.63) is 58.4 Å². The summed E-state index contributed by atoms with van der Waals surface area (Å²) in [6, 6.07) is 11.5. The Morgan fingerprint density at radius 3 is 2.82 bits per heavy atom. The predicted octanol–water partition coefficient (Wildman–Crippen LogP) is 3.77. The van der Waals surface area contributed by atoms with Crippen molar-refractivity contribution in [1.82, 2.24) is 15.5 Å². The van der Waals surface area contributed by atoms with Crippen LogP contribution in [0.15, 0.2) is 47.2 Å². The fourth-order valence-corrected chi connectivity index (χ4v) is 2.77. The fourth-order valence-electron chi connectivity index (χ4n) is 2.13. The van der Waals surface area contributed by atoms with Gasteiger partial charge in [-0.2, -0.15) is 16.4 Å². The molecular weight excluding hydrogens is 296 g/mol. The highest BCUT2D eigenvalue weighted by Gasteiger charge is 2.15. The highest BCUT2D eigenvalue weighted by atomic mass is 32.1. The number of urea groups is 1. The van der Waals surface area contributed by atoms with E-state index in [1.54, 1.807) is 11.3 Å². The Labute approximate surface area is 132 Å². The molecule has 0 saturated carbocycles. The average molecular weight is 312 g/mol. The van der Waals surface area contributed by atoms with Gasteiger partial charge < -0.3 is 10.6 Å². The Morgan fingerprint density at radius 2 is 2.09 bits per heavy atom. The highest BCUT2D eigenvalue weighted by Crippen LogP contribution is 2.29. The number of aromatic amines is 1. The van der Waals surface area contributed by atoms with Gasteiger partial charge in [-0.1, -0.05) is 30.3 Å². The standard InChI is InChI=1S/C16H16N4OS/c1-11-14(15(20-19-11)13-7-8-22-10-13)18-16(21)17-9-12-5-3-2-4-6-12/h2-8,10H,9H2,1H3,(H,19,20)(H2,17,18,21). The summed E-state index contributed by atoms with van der Waals surface area (Å²) in [5.41, 5.74) is 4.35. The van der Waals surface area contributed by atoms with E-state index in [0.29, 0.717) is 12.2 Å². The molecule has 2 aromatic heterocycles. The predicted molar refractivity (Wildman–Crippen MR) is 88.9 cm³/mol. The van der Waals surface area contributed by atoms with Crippen LogP contribution in [0.2, 0.25) is 0 Å². The summed E-state index contributed by atoms with van der Waals surface area (Å²) in [6.07, 6.45) is 0. The second-order valence-corrected chi connectivity index (χ2v) is 5.66. The van der Waals surface area contributed by atoms with Gasteiger partial charge in [0.25, 0.3) is 0 Å². The van der Waals surface area contributed by atoms with Crippen molar-refractivity contribution in [3.63, 3.8) is 0 Å². The third kappa shape index (κ3) is 3.17. The molecule has 6 heteroatoms. The van der Waals surface area contributed by atoms with Crippen LogP contribution < -0.4 is 10.6 Å². The molecule has 3 rings (SSSR count). The molecule has 0 unspecified atom stereocenters. The summed E-state index contributed by atoms with van der Waals surface area (Å²) in [7, 11) is 0. The van der Waals surface area contributed by atoms with E-state index < -0.39 is 0 Å². The number of anilines is 1. The van der Waals surface area contributed by atoms with E-state index in [9.17, 15) is 4.79 Å². The average Bonchev–Trinajstić information content (AvgIpc) is 3.17. The van der Waals surface area contributed by atoms with Crippen LogP contribution >= 0.6 is 11.3 Å². The van der Waals surface area contributed by atoms with Gasteiger partial charge in [-0.25, -0.2) is 4.79 Å². The van der Waals surface area contributed by atoms with Gasteiger partial charge in [-0.05, 0) is 23.9 Å². The van der Waals surface area contributed by atoms with Gasteiger partial charge in [0.2, 0.25) is 0 Å². The lowest BCUT2D eigenvalue weighted by molar-refractivity contribution is 0.251. The molecule has 0 bridgehead atoms. The molecule has 0 saturated heterocycles. The third-order valence-corrected chi connectivity index (χ3v) is 3.96. The first-order valence-corrected chi connectivity index (χ1v) is 7.84. The molecule has 0 fully saturated rings. The molecule has 3 N–H and O–H groups in total. The van der Waals surface area contributed by atoms with E-state index in [1.807, 2.05) is 54.1 Å². The normalized spacial score (nSPS) is 10.4. The van der Waals surface area contributed by atoms with Gasteiger partial charge in [0.1, 0.15) is 5.69 Å². The largest absolute Gasteiger partial charge is 0.334 e. The Morgan fingerprint density at radius 1 is 1.27 bits per heavy atom. The number of hydrogen-bond donors (Lipinski definition) is 3. The van der Waals surface area contributed by atoms with E-state index in [1.165, 1.54) is 0 Å². The topological polar surface area (TPSA) is 69.8 Å². The molecule has 0 radical (unpaired) electrons. The number of carbonyl (C=O) groups is 1. The van der Waals surface area contributed by atoms with Crippen molar-refractivity contribution in [2.75, 3.05) is 5.32 Å². The Balaban J connectivity index is 1.68. The van der Waals surface area contributed by atoms with Gasteiger partial charge in [0, 0.05) is 17.5 Å².